The Labute approximate surface area is 111 Å². The van der Waals surface area contributed by atoms with Crippen LogP contribution < -0.4 is 5.73 Å². The molecule has 0 spiro atoms. The Hall–Kier alpha value is -0.860. The summed E-state index contributed by atoms with van der Waals surface area (Å²) in [5.74, 6) is 0. The molecule has 2 heteroatoms. The molecule has 0 aliphatic heterocycles. The number of nitrogens with zero attached hydrogens (tertiary/aromatic N) is 1. The molecule has 1 aromatic carbocycles. The zero-order chi connectivity index (χ0) is 13.1. The number of rotatable bonds is 6. The van der Waals surface area contributed by atoms with E-state index in [1.807, 2.05) is 0 Å². The minimum absolute atomic E-state index is 0.400. The minimum Gasteiger partial charge on any atom is -0.329 e. The first-order chi connectivity index (χ1) is 8.67. The SMILES string of the molecule is CCCN(C1CC1)C(CN)c1cc(C)ccc1C. The monoisotopic (exact) mass is 246 g/mol. The highest BCUT2D eigenvalue weighted by Crippen LogP contribution is 2.35. The van der Waals surface area contributed by atoms with Crippen LogP contribution in [0.4, 0.5) is 0 Å². The summed E-state index contributed by atoms with van der Waals surface area (Å²) >= 11 is 0. The van der Waals surface area contributed by atoms with Crippen molar-refractivity contribution < 1.29 is 0 Å². The second kappa shape index (κ2) is 5.85. The van der Waals surface area contributed by atoms with E-state index in [1.165, 1.54) is 42.5 Å². The molecule has 0 radical (unpaired) electrons. The Morgan fingerprint density at radius 3 is 2.61 bits per heavy atom. The number of hydrogen-bond donors (Lipinski definition) is 1. The van der Waals surface area contributed by atoms with Crippen molar-refractivity contribution in [3.05, 3.63) is 34.9 Å². The van der Waals surface area contributed by atoms with E-state index in [4.69, 9.17) is 5.73 Å². The molecule has 18 heavy (non-hydrogen) atoms. The molecule has 1 saturated carbocycles. The molecule has 2 nitrogen and oxygen atoms in total. The summed E-state index contributed by atoms with van der Waals surface area (Å²) < 4.78 is 0. The van der Waals surface area contributed by atoms with Crippen LogP contribution in [0.25, 0.3) is 0 Å². The van der Waals surface area contributed by atoms with Gasteiger partial charge in [-0.1, -0.05) is 30.7 Å². The number of benzene rings is 1. The third-order valence-electron chi connectivity index (χ3n) is 3.92. The number of hydrogen-bond acceptors (Lipinski definition) is 2. The van der Waals surface area contributed by atoms with Crippen LogP contribution in [-0.4, -0.2) is 24.0 Å². The van der Waals surface area contributed by atoms with Crippen molar-refractivity contribution in [2.75, 3.05) is 13.1 Å². The first kappa shape index (κ1) is 13.6. The van der Waals surface area contributed by atoms with E-state index in [1.54, 1.807) is 0 Å². The molecule has 1 fully saturated rings. The van der Waals surface area contributed by atoms with Crippen molar-refractivity contribution in [3.63, 3.8) is 0 Å². The summed E-state index contributed by atoms with van der Waals surface area (Å²) in [6.45, 7) is 8.51. The van der Waals surface area contributed by atoms with Crippen molar-refractivity contribution in [3.8, 4) is 0 Å². The lowest BCUT2D eigenvalue weighted by molar-refractivity contribution is 0.191. The highest BCUT2D eigenvalue weighted by Gasteiger charge is 2.33. The maximum absolute atomic E-state index is 6.08. The fraction of sp³-hybridized carbons (Fsp3) is 0.625. The zero-order valence-corrected chi connectivity index (χ0v) is 11.9. The van der Waals surface area contributed by atoms with E-state index in [0.29, 0.717) is 6.04 Å². The average Bonchev–Trinajstić information content (AvgIpc) is 3.17. The fourth-order valence-corrected chi connectivity index (χ4v) is 2.82. The first-order valence-corrected chi connectivity index (χ1v) is 7.20. The van der Waals surface area contributed by atoms with Gasteiger partial charge in [0.2, 0.25) is 0 Å². The Balaban J connectivity index is 2.27. The van der Waals surface area contributed by atoms with Gasteiger partial charge in [0.25, 0.3) is 0 Å². The van der Waals surface area contributed by atoms with Gasteiger partial charge in [-0.15, -0.1) is 0 Å². The second-order valence-corrected chi connectivity index (χ2v) is 5.58. The van der Waals surface area contributed by atoms with E-state index in [2.05, 4.69) is 43.9 Å². The average molecular weight is 246 g/mol. The number of nitrogens with two attached hydrogens (primary N) is 1. The maximum Gasteiger partial charge on any atom is 0.0476 e. The van der Waals surface area contributed by atoms with Crippen LogP contribution in [0.2, 0.25) is 0 Å². The second-order valence-electron chi connectivity index (χ2n) is 5.58. The van der Waals surface area contributed by atoms with Crippen LogP contribution >= 0.6 is 0 Å². The molecule has 0 amide bonds. The van der Waals surface area contributed by atoms with E-state index in [0.717, 1.165) is 12.6 Å². The first-order valence-electron chi connectivity index (χ1n) is 7.20. The van der Waals surface area contributed by atoms with Crippen molar-refractivity contribution in [2.24, 2.45) is 5.73 Å². The van der Waals surface area contributed by atoms with E-state index in [9.17, 15) is 0 Å². The van der Waals surface area contributed by atoms with Crippen LogP contribution in [0.5, 0.6) is 0 Å². The summed E-state index contributed by atoms with van der Waals surface area (Å²) in [7, 11) is 0. The predicted octanol–water partition coefficient (Wildman–Crippen LogP) is 3.18. The standard InChI is InChI=1S/C16H26N2/c1-4-9-18(14-7-8-14)16(11-17)15-10-12(2)5-6-13(15)3/h5-6,10,14,16H,4,7-9,11,17H2,1-3H3. The third-order valence-corrected chi connectivity index (χ3v) is 3.92. The predicted molar refractivity (Wildman–Crippen MR) is 77.7 cm³/mol. The molecule has 2 rings (SSSR count). The van der Waals surface area contributed by atoms with Gasteiger partial charge in [-0.05, 0) is 50.8 Å². The smallest absolute Gasteiger partial charge is 0.0476 e. The molecule has 0 bridgehead atoms. The normalized spacial score (nSPS) is 17.2. The molecule has 0 saturated heterocycles. The van der Waals surface area contributed by atoms with E-state index in [-0.39, 0.29) is 0 Å². The van der Waals surface area contributed by atoms with Crippen LogP contribution in [0.1, 0.15) is 48.9 Å². The van der Waals surface area contributed by atoms with Crippen LogP contribution in [0.15, 0.2) is 18.2 Å². The van der Waals surface area contributed by atoms with Gasteiger partial charge < -0.3 is 5.73 Å². The number of aryl methyl sites for hydroxylation is 2. The Morgan fingerprint density at radius 2 is 2.06 bits per heavy atom. The highest BCUT2D eigenvalue weighted by atomic mass is 15.2. The van der Waals surface area contributed by atoms with Crippen LogP contribution in [0, 0.1) is 13.8 Å². The van der Waals surface area contributed by atoms with Crippen LogP contribution in [0.3, 0.4) is 0 Å². The lowest BCUT2D eigenvalue weighted by Gasteiger charge is -2.32. The molecule has 2 N–H and O–H groups in total. The maximum atomic E-state index is 6.08. The lowest BCUT2D eigenvalue weighted by Crippen LogP contribution is -2.36. The molecular weight excluding hydrogens is 220 g/mol. The summed E-state index contributed by atoms with van der Waals surface area (Å²) in [5.41, 5.74) is 10.2. The van der Waals surface area contributed by atoms with E-state index >= 15 is 0 Å². The molecule has 100 valence electrons. The fourth-order valence-electron chi connectivity index (χ4n) is 2.82. The quantitative estimate of drug-likeness (QED) is 0.835. The molecule has 1 aliphatic carbocycles. The topological polar surface area (TPSA) is 29.3 Å². The molecular formula is C16H26N2. The van der Waals surface area contributed by atoms with Gasteiger partial charge in [0.15, 0.2) is 0 Å². The minimum atomic E-state index is 0.400. The zero-order valence-electron chi connectivity index (χ0n) is 11.9. The Morgan fingerprint density at radius 1 is 1.33 bits per heavy atom. The van der Waals surface area contributed by atoms with Gasteiger partial charge in [0.05, 0.1) is 0 Å². The van der Waals surface area contributed by atoms with Crippen molar-refractivity contribution >= 4 is 0 Å². The molecule has 0 aromatic heterocycles. The van der Waals surface area contributed by atoms with Gasteiger partial charge in [0.1, 0.15) is 0 Å². The largest absolute Gasteiger partial charge is 0.329 e. The van der Waals surface area contributed by atoms with Gasteiger partial charge >= 0.3 is 0 Å². The molecule has 1 aliphatic rings. The summed E-state index contributed by atoms with van der Waals surface area (Å²) in [6.07, 6.45) is 3.90. The molecule has 1 aromatic rings. The van der Waals surface area contributed by atoms with Crippen molar-refractivity contribution in [1.82, 2.24) is 4.90 Å². The lowest BCUT2D eigenvalue weighted by atomic mass is 9.97. The Bertz CT molecular complexity index is 396. The molecule has 1 unspecified atom stereocenters. The molecule has 0 heterocycles. The summed E-state index contributed by atoms with van der Waals surface area (Å²) in [4.78, 5) is 2.63. The Kier molecular flexibility index (Phi) is 4.41. The van der Waals surface area contributed by atoms with Gasteiger partial charge in [-0.3, -0.25) is 4.90 Å². The van der Waals surface area contributed by atoms with Gasteiger partial charge in [-0.25, -0.2) is 0 Å². The van der Waals surface area contributed by atoms with Crippen LogP contribution in [-0.2, 0) is 0 Å². The third kappa shape index (κ3) is 2.93. The highest BCUT2D eigenvalue weighted by molar-refractivity contribution is 5.33. The summed E-state index contributed by atoms with van der Waals surface area (Å²) in [5, 5.41) is 0. The van der Waals surface area contributed by atoms with E-state index < -0.39 is 0 Å². The van der Waals surface area contributed by atoms with Gasteiger partial charge in [0, 0.05) is 18.6 Å². The summed E-state index contributed by atoms with van der Waals surface area (Å²) in [6, 6.07) is 7.91. The van der Waals surface area contributed by atoms with Crippen molar-refractivity contribution in [2.45, 2.75) is 52.1 Å². The molecule has 1 atom stereocenters. The van der Waals surface area contributed by atoms with Crippen molar-refractivity contribution in [1.29, 1.82) is 0 Å². The van der Waals surface area contributed by atoms with Gasteiger partial charge in [-0.2, -0.15) is 0 Å².